The third kappa shape index (κ3) is 5.17. The standard InChI is InChI=1S/C20H21ClN2OS2/c1-14-5-7-15(8-6-14)20(17-4-3-11-25-17)22-19(24)13-23(2)12-16-9-10-18(21)26-16/h3-11,20H,12-13H2,1-2H3,(H,22,24). The monoisotopic (exact) mass is 404 g/mol. The fraction of sp³-hybridized carbons (Fsp3) is 0.250. The quantitative estimate of drug-likeness (QED) is 0.593. The summed E-state index contributed by atoms with van der Waals surface area (Å²) in [6.07, 6.45) is 0. The molecule has 0 bridgehead atoms. The smallest absolute Gasteiger partial charge is 0.234 e. The number of benzene rings is 1. The highest BCUT2D eigenvalue weighted by atomic mass is 35.5. The first-order valence-corrected chi connectivity index (χ1v) is 10.4. The fourth-order valence-corrected chi connectivity index (χ4v) is 4.71. The van der Waals surface area contributed by atoms with Gasteiger partial charge in [-0.2, -0.15) is 0 Å². The first-order valence-electron chi connectivity index (χ1n) is 8.33. The summed E-state index contributed by atoms with van der Waals surface area (Å²) in [6.45, 7) is 3.11. The normalized spacial score (nSPS) is 12.3. The Morgan fingerprint density at radius 3 is 2.58 bits per heavy atom. The lowest BCUT2D eigenvalue weighted by atomic mass is 10.0. The van der Waals surface area contributed by atoms with E-state index in [0.29, 0.717) is 13.1 Å². The second kappa shape index (κ2) is 8.82. The van der Waals surface area contributed by atoms with Crippen molar-refractivity contribution in [3.63, 3.8) is 0 Å². The predicted octanol–water partition coefficient (Wildman–Crippen LogP) is 5.11. The summed E-state index contributed by atoms with van der Waals surface area (Å²) in [4.78, 5) is 16.9. The number of carbonyl (C=O) groups is 1. The Morgan fingerprint density at radius 2 is 1.96 bits per heavy atom. The van der Waals surface area contributed by atoms with E-state index in [-0.39, 0.29) is 11.9 Å². The molecular formula is C20H21ClN2OS2. The summed E-state index contributed by atoms with van der Waals surface area (Å²) in [5.41, 5.74) is 2.30. The third-order valence-electron chi connectivity index (χ3n) is 4.01. The van der Waals surface area contributed by atoms with Crippen molar-refractivity contribution in [3.05, 3.63) is 79.1 Å². The molecule has 1 unspecified atom stereocenters. The molecular weight excluding hydrogens is 384 g/mol. The summed E-state index contributed by atoms with van der Waals surface area (Å²) in [5.74, 6) is 0.00845. The van der Waals surface area contributed by atoms with Crippen molar-refractivity contribution in [2.45, 2.75) is 19.5 Å². The van der Waals surface area contributed by atoms with Crippen molar-refractivity contribution in [1.82, 2.24) is 10.2 Å². The number of carbonyl (C=O) groups excluding carboxylic acids is 1. The molecule has 136 valence electrons. The first-order chi connectivity index (χ1) is 12.5. The van der Waals surface area contributed by atoms with E-state index in [0.717, 1.165) is 19.7 Å². The van der Waals surface area contributed by atoms with Crippen molar-refractivity contribution in [3.8, 4) is 0 Å². The minimum absolute atomic E-state index is 0.00845. The van der Waals surface area contributed by atoms with Crippen LogP contribution in [0.4, 0.5) is 0 Å². The second-order valence-corrected chi connectivity index (χ2v) is 9.08. The maximum atomic E-state index is 12.6. The lowest BCUT2D eigenvalue weighted by Crippen LogP contribution is -2.37. The van der Waals surface area contributed by atoms with E-state index in [9.17, 15) is 4.79 Å². The minimum Gasteiger partial charge on any atom is -0.343 e. The van der Waals surface area contributed by atoms with E-state index < -0.39 is 0 Å². The van der Waals surface area contributed by atoms with Gasteiger partial charge in [-0.15, -0.1) is 22.7 Å². The summed E-state index contributed by atoms with van der Waals surface area (Å²) < 4.78 is 0.773. The lowest BCUT2D eigenvalue weighted by molar-refractivity contribution is -0.122. The minimum atomic E-state index is -0.118. The maximum absolute atomic E-state index is 12.6. The van der Waals surface area contributed by atoms with Gasteiger partial charge in [0, 0.05) is 16.3 Å². The van der Waals surface area contributed by atoms with Crippen LogP contribution in [0.25, 0.3) is 0 Å². The summed E-state index contributed by atoms with van der Waals surface area (Å²) in [6, 6.07) is 16.2. The first kappa shape index (κ1) is 19.1. The van der Waals surface area contributed by atoms with Crippen LogP contribution in [0.2, 0.25) is 4.34 Å². The van der Waals surface area contributed by atoms with Gasteiger partial charge in [0.05, 0.1) is 16.9 Å². The topological polar surface area (TPSA) is 32.3 Å². The molecule has 0 radical (unpaired) electrons. The van der Waals surface area contributed by atoms with Gasteiger partial charge in [0.1, 0.15) is 0 Å². The van der Waals surface area contributed by atoms with Gasteiger partial charge >= 0.3 is 0 Å². The number of rotatable bonds is 7. The molecule has 0 saturated heterocycles. The Balaban J connectivity index is 1.66. The van der Waals surface area contributed by atoms with Crippen molar-refractivity contribution >= 4 is 40.2 Å². The number of aryl methyl sites for hydroxylation is 1. The Bertz CT molecular complexity index is 843. The van der Waals surface area contributed by atoms with E-state index in [4.69, 9.17) is 11.6 Å². The molecule has 26 heavy (non-hydrogen) atoms. The number of hydrogen-bond acceptors (Lipinski definition) is 4. The van der Waals surface area contributed by atoms with Crippen molar-refractivity contribution in [2.75, 3.05) is 13.6 Å². The van der Waals surface area contributed by atoms with E-state index >= 15 is 0 Å². The van der Waals surface area contributed by atoms with Crippen LogP contribution in [-0.4, -0.2) is 24.4 Å². The van der Waals surface area contributed by atoms with Crippen molar-refractivity contribution in [2.24, 2.45) is 0 Å². The molecule has 1 N–H and O–H groups in total. The number of likely N-dealkylation sites (N-methyl/N-ethyl adjacent to an activating group) is 1. The Morgan fingerprint density at radius 1 is 1.19 bits per heavy atom. The van der Waals surface area contributed by atoms with Gasteiger partial charge in [0.2, 0.25) is 5.91 Å². The molecule has 1 amide bonds. The zero-order chi connectivity index (χ0) is 18.5. The zero-order valence-corrected chi connectivity index (χ0v) is 17.1. The van der Waals surface area contributed by atoms with Crippen molar-refractivity contribution in [1.29, 1.82) is 0 Å². The highest BCUT2D eigenvalue weighted by Crippen LogP contribution is 2.26. The Labute approximate surface area is 167 Å². The van der Waals surface area contributed by atoms with Gasteiger partial charge in [-0.3, -0.25) is 9.69 Å². The number of nitrogens with zero attached hydrogens (tertiary/aromatic N) is 1. The van der Waals surface area contributed by atoms with E-state index in [1.807, 2.05) is 35.5 Å². The molecule has 0 aliphatic carbocycles. The van der Waals surface area contributed by atoms with Crippen molar-refractivity contribution < 1.29 is 4.79 Å². The second-order valence-electron chi connectivity index (χ2n) is 6.30. The molecule has 0 aliphatic heterocycles. The van der Waals surface area contributed by atoms with Crippen LogP contribution in [0.5, 0.6) is 0 Å². The lowest BCUT2D eigenvalue weighted by Gasteiger charge is -2.21. The molecule has 0 saturated carbocycles. The van der Waals surface area contributed by atoms with Gasteiger partial charge in [0.15, 0.2) is 0 Å². The fourth-order valence-electron chi connectivity index (χ4n) is 2.74. The van der Waals surface area contributed by atoms with Gasteiger partial charge < -0.3 is 5.32 Å². The molecule has 3 rings (SSSR count). The Kier molecular flexibility index (Phi) is 6.48. The van der Waals surface area contributed by atoms with E-state index in [2.05, 4.69) is 42.6 Å². The number of halogens is 1. The van der Waals surface area contributed by atoms with Gasteiger partial charge in [-0.05, 0) is 43.1 Å². The van der Waals surface area contributed by atoms with E-state index in [1.54, 1.807) is 22.7 Å². The molecule has 0 fully saturated rings. The molecule has 3 nitrogen and oxygen atoms in total. The van der Waals surface area contributed by atoms with E-state index in [1.165, 1.54) is 5.56 Å². The third-order valence-corrected chi connectivity index (χ3v) is 6.16. The molecule has 0 aliphatic rings. The van der Waals surface area contributed by atoms with Gasteiger partial charge in [-0.25, -0.2) is 0 Å². The maximum Gasteiger partial charge on any atom is 0.234 e. The van der Waals surface area contributed by atoms with Gasteiger partial charge in [-0.1, -0.05) is 47.5 Å². The number of thiophene rings is 2. The molecule has 2 aromatic heterocycles. The largest absolute Gasteiger partial charge is 0.343 e. The van der Waals surface area contributed by atoms with Crippen LogP contribution >= 0.6 is 34.3 Å². The average Bonchev–Trinajstić information content (AvgIpc) is 3.25. The molecule has 1 aromatic carbocycles. The molecule has 0 spiro atoms. The number of hydrogen-bond donors (Lipinski definition) is 1. The van der Waals surface area contributed by atoms with Crippen LogP contribution in [0, 0.1) is 6.92 Å². The molecule has 6 heteroatoms. The highest BCUT2D eigenvalue weighted by molar-refractivity contribution is 7.16. The predicted molar refractivity (Wildman–Crippen MR) is 111 cm³/mol. The van der Waals surface area contributed by atoms with Crippen LogP contribution in [0.3, 0.4) is 0 Å². The summed E-state index contributed by atoms with van der Waals surface area (Å²) in [7, 11) is 1.94. The Hall–Kier alpha value is -1.66. The zero-order valence-electron chi connectivity index (χ0n) is 14.7. The number of amides is 1. The van der Waals surface area contributed by atoms with Crippen LogP contribution in [0.15, 0.2) is 53.9 Å². The SMILES string of the molecule is Cc1ccc(C(NC(=O)CN(C)Cc2ccc(Cl)s2)c2cccs2)cc1. The highest BCUT2D eigenvalue weighted by Gasteiger charge is 2.19. The summed E-state index contributed by atoms with van der Waals surface area (Å²) in [5, 5.41) is 5.22. The van der Waals surface area contributed by atoms with Crippen LogP contribution in [0.1, 0.15) is 26.9 Å². The average molecular weight is 405 g/mol. The molecule has 1 atom stereocenters. The molecule has 3 aromatic rings. The van der Waals surface area contributed by atoms with Gasteiger partial charge in [0.25, 0.3) is 0 Å². The van der Waals surface area contributed by atoms with Crippen LogP contribution < -0.4 is 5.32 Å². The van der Waals surface area contributed by atoms with Crippen LogP contribution in [-0.2, 0) is 11.3 Å². The summed E-state index contributed by atoms with van der Waals surface area (Å²) >= 11 is 9.18. The number of nitrogens with one attached hydrogen (secondary N) is 1. The molecule has 2 heterocycles.